The Morgan fingerprint density at radius 2 is 1.86 bits per heavy atom. The molecule has 0 radical (unpaired) electrons. The number of nitrogens with one attached hydrogen (secondary N) is 2. The molecule has 0 bridgehead atoms. The summed E-state index contributed by atoms with van der Waals surface area (Å²) in [6.07, 6.45) is -0.943. The largest absolute Gasteiger partial charge is 0.493 e. The average Bonchev–Trinajstić information content (AvgIpc) is 2.63. The molecule has 2 N–H and O–H groups in total. The lowest BCUT2D eigenvalue weighted by Gasteiger charge is -2.11. The predicted octanol–water partition coefficient (Wildman–Crippen LogP) is 2.04. The van der Waals surface area contributed by atoms with Crippen LogP contribution in [0.15, 0.2) is 24.3 Å². The van der Waals surface area contributed by atoms with E-state index in [1.54, 1.807) is 23.5 Å². The molecule has 0 fully saturated rings. The Balaban J connectivity index is 2.41. The molecule has 1 rings (SSSR count). The van der Waals surface area contributed by atoms with E-state index in [9.17, 15) is 27.6 Å². The van der Waals surface area contributed by atoms with Crippen molar-refractivity contribution in [3.63, 3.8) is 0 Å². The molecule has 0 heterocycles. The number of hydrogen-bond acceptors (Lipinski definition) is 6. The molecule has 0 aliphatic heterocycles. The zero-order chi connectivity index (χ0) is 21.2. The van der Waals surface area contributed by atoms with E-state index in [0.29, 0.717) is 5.75 Å². The number of benzene rings is 1. The van der Waals surface area contributed by atoms with Gasteiger partial charge in [0.2, 0.25) is 0 Å². The van der Waals surface area contributed by atoms with Gasteiger partial charge in [0.05, 0.1) is 7.11 Å². The summed E-state index contributed by atoms with van der Waals surface area (Å²) in [5.74, 6) is -1.38. The third kappa shape index (κ3) is 8.92. The minimum atomic E-state index is -4.61. The van der Waals surface area contributed by atoms with Crippen LogP contribution in [0, 0.1) is 0 Å². The summed E-state index contributed by atoms with van der Waals surface area (Å²) in [5.41, 5.74) is 0.856. The van der Waals surface area contributed by atoms with Gasteiger partial charge in [-0.2, -0.15) is 13.2 Å². The van der Waals surface area contributed by atoms with Crippen molar-refractivity contribution in [2.24, 2.45) is 0 Å². The van der Waals surface area contributed by atoms with Crippen LogP contribution in [0.4, 0.5) is 18.0 Å². The van der Waals surface area contributed by atoms with E-state index < -0.39 is 43.8 Å². The Morgan fingerprint density at radius 3 is 2.46 bits per heavy atom. The fourth-order valence-corrected chi connectivity index (χ4v) is 1.81. The van der Waals surface area contributed by atoms with E-state index in [2.05, 4.69) is 4.74 Å². The molecule has 1 aromatic carbocycles. The first-order valence-corrected chi connectivity index (χ1v) is 7.88. The van der Waals surface area contributed by atoms with Crippen LogP contribution in [0.25, 0.3) is 6.08 Å². The maximum Gasteiger partial charge on any atom is 0.405 e. The van der Waals surface area contributed by atoms with Gasteiger partial charge in [-0.3, -0.25) is 10.1 Å². The van der Waals surface area contributed by atoms with Gasteiger partial charge in [-0.25, -0.2) is 9.59 Å². The lowest BCUT2D eigenvalue weighted by atomic mass is 10.2. The highest BCUT2D eigenvalue weighted by molar-refractivity contribution is 5.95. The summed E-state index contributed by atoms with van der Waals surface area (Å²) in [6, 6.07) is 3.64. The molecule has 0 aromatic heterocycles. The number of carbonyl (C=O) groups excluding carboxylic acids is 3. The number of amides is 3. The number of hydrogen-bond donors (Lipinski definition) is 2. The van der Waals surface area contributed by atoms with Crippen molar-refractivity contribution < 1.29 is 41.8 Å². The Hall–Kier alpha value is -3.24. The predicted molar refractivity (Wildman–Crippen MR) is 91.8 cm³/mol. The highest BCUT2D eigenvalue weighted by Gasteiger charge is 2.28. The van der Waals surface area contributed by atoms with Gasteiger partial charge in [0, 0.05) is 0 Å². The molecule has 0 aliphatic rings. The van der Waals surface area contributed by atoms with Gasteiger partial charge in [0.1, 0.15) is 6.54 Å². The van der Waals surface area contributed by atoms with Crippen LogP contribution in [0.3, 0.4) is 0 Å². The van der Waals surface area contributed by atoms with E-state index in [1.165, 1.54) is 12.4 Å². The summed E-state index contributed by atoms with van der Waals surface area (Å²) in [4.78, 5) is 34.0. The summed E-state index contributed by atoms with van der Waals surface area (Å²) in [6.45, 7) is -1.16. The second-order valence-corrected chi connectivity index (χ2v) is 5.21. The van der Waals surface area contributed by atoms with Crippen molar-refractivity contribution in [3.8, 4) is 11.5 Å². The monoisotopic (exact) mass is 404 g/mol. The fraction of sp³-hybridized carbons (Fsp3) is 0.353. The molecule has 0 saturated heterocycles. The van der Waals surface area contributed by atoms with Gasteiger partial charge < -0.3 is 19.5 Å². The molecule has 154 valence electrons. The number of esters is 1. The van der Waals surface area contributed by atoms with Crippen LogP contribution >= 0.6 is 0 Å². The Labute approximate surface area is 158 Å². The molecule has 0 unspecified atom stereocenters. The molecule has 28 heavy (non-hydrogen) atoms. The zero-order valence-electron chi connectivity index (χ0n) is 15.1. The summed E-state index contributed by atoms with van der Waals surface area (Å²) in [7, 11) is 1.42. The van der Waals surface area contributed by atoms with E-state index in [1.807, 2.05) is 19.1 Å². The lowest BCUT2D eigenvalue weighted by molar-refractivity contribution is -0.150. The molecule has 8 nitrogen and oxygen atoms in total. The van der Waals surface area contributed by atoms with Gasteiger partial charge in [-0.1, -0.05) is 18.2 Å². The molecule has 0 atom stereocenters. The average molecular weight is 404 g/mol. The molecule has 0 saturated carbocycles. The van der Waals surface area contributed by atoms with E-state index in [4.69, 9.17) is 9.47 Å². The maximum absolute atomic E-state index is 11.9. The minimum absolute atomic E-state index is 0.267. The van der Waals surface area contributed by atoms with Crippen molar-refractivity contribution in [2.75, 3.05) is 26.9 Å². The number of allylic oxidation sites excluding steroid dienone is 1. The number of alkyl halides is 3. The van der Waals surface area contributed by atoms with Crippen molar-refractivity contribution in [1.82, 2.24) is 10.6 Å². The SMILES string of the molecule is C/C=C/c1ccc(OCC(=O)OCC(=O)NC(=O)NCC(F)(F)F)c(OC)c1. The standard InChI is InChI=1S/C17H19F3N2O6/c1-3-4-11-5-6-12(13(7-11)26-2)27-9-15(24)28-8-14(23)22-16(25)21-10-17(18,19)20/h3-7H,8-10H2,1-2H3,(H2,21,22,23,25)/b4-3+. The van der Waals surface area contributed by atoms with Gasteiger partial charge in [0.25, 0.3) is 5.91 Å². The number of urea groups is 1. The second kappa shape index (κ2) is 10.8. The molecular formula is C17H19F3N2O6. The Morgan fingerprint density at radius 1 is 1.14 bits per heavy atom. The van der Waals surface area contributed by atoms with Crippen LogP contribution in [-0.2, 0) is 14.3 Å². The Kier molecular flexibility index (Phi) is 8.79. The van der Waals surface area contributed by atoms with Crippen LogP contribution in [0.2, 0.25) is 0 Å². The van der Waals surface area contributed by atoms with Crippen molar-refractivity contribution in [2.45, 2.75) is 13.1 Å². The summed E-state index contributed by atoms with van der Waals surface area (Å²) < 4.78 is 50.8. The van der Waals surface area contributed by atoms with E-state index >= 15 is 0 Å². The second-order valence-electron chi connectivity index (χ2n) is 5.21. The summed E-state index contributed by atoms with van der Waals surface area (Å²) >= 11 is 0. The highest BCUT2D eigenvalue weighted by Crippen LogP contribution is 2.28. The number of halogens is 3. The molecule has 11 heteroatoms. The van der Waals surface area contributed by atoms with Gasteiger partial charge in [-0.15, -0.1) is 0 Å². The fourth-order valence-electron chi connectivity index (χ4n) is 1.81. The van der Waals surface area contributed by atoms with Crippen molar-refractivity contribution in [3.05, 3.63) is 29.8 Å². The number of ether oxygens (including phenoxy) is 3. The van der Waals surface area contributed by atoms with Gasteiger partial charge >= 0.3 is 18.2 Å². The topological polar surface area (TPSA) is 103 Å². The van der Waals surface area contributed by atoms with Crippen molar-refractivity contribution >= 4 is 24.0 Å². The third-order valence-corrected chi connectivity index (χ3v) is 2.96. The smallest absolute Gasteiger partial charge is 0.405 e. The first-order chi connectivity index (χ1) is 13.1. The molecule has 0 aliphatic carbocycles. The van der Waals surface area contributed by atoms with Crippen LogP contribution in [-0.4, -0.2) is 51.0 Å². The van der Waals surface area contributed by atoms with Crippen LogP contribution in [0.1, 0.15) is 12.5 Å². The first kappa shape index (κ1) is 22.8. The molecule has 1 aromatic rings. The minimum Gasteiger partial charge on any atom is -0.493 e. The highest BCUT2D eigenvalue weighted by atomic mass is 19.4. The normalized spacial score (nSPS) is 11.0. The van der Waals surface area contributed by atoms with Crippen molar-refractivity contribution in [1.29, 1.82) is 0 Å². The molecule has 3 amide bonds. The van der Waals surface area contributed by atoms with E-state index in [-0.39, 0.29) is 5.75 Å². The number of carbonyl (C=O) groups is 3. The van der Waals surface area contributed by atoms with Gasteiger partial charge in [0.15, 0.2) is 24.7 Å². The summed E-state index contributed by atoms with van der Waals surface area (Å²) in [5, 5.41) is 3.02. The molecule has 0 spiro atoms. The number of imide groups is 1. The number of rotatable bonds is 8. The third-order valence-electron chi connectivity index (χ3n) is 2.96. The van der Waals surface area contributed by atoms with Crippen LogP contribution < -0.4 is 20.1 Å². The number of methoxy groups -OCH3 is 1. The van der Waals surface area contributed by atoms with E-state index in [0.717, 1.165) is 5.56 Å². The first-order valence-electron chi connectivity index (χ1n) is 7.88. The van der Waals surface area contributed by atoms with Gasteiger partial charge in [-0.05, 0) is 24.6 Å². The van der Waals surface area contributed by atoms with Crippen LogP contribution in [0.5, 0.6) is 11.5 Å². The Bertz CT molecular complexity index is 734. The maximum atomic E-state index is 11.9. The zero-order valence-corrected chi connectivity index (χ0v) is 15.1. The lowest BCUT2D eigenvalue weighted by Crippen LogP contribution is -2.44. The molecular weight excluding hydrogens is 385 g/mol. The quantitative estimate of drug-likeness (QED) is 0.643.